The fourth-order valence-electron chi connectivity index (χ4n) is 12.1. The highest BCUT2D eigenvalue weighted by Gasteiger charge is 2.16. The smallest absolute Gasteiger partial charge is 0.328 e. The van der Waals surface area contributed by atoms with Crippen LogP contribution in [-0.4, -0.2) is 74.3 Å². The molecule has 0 saturated carbocycles. The van der Waals surface area contributed by atoms with Gasteiger partial charge in [0, 0.05) is 48.1 Å². The molecule has 584 valence electrons. The van der Waals surface area contributed by atoms with Gasteiger partial charge in [0.2, 0.25) is 0 Å². The van der Waals surface area contributed by atoms with E-state index in [1.54, 1.807) is 37.4 Å². The number of thioether (sulfide) groups is 2. The number of nitrogens with zero attached hydrogens (tertiary/aromatic N) is 4. The van der Waals surface area contributed by atoms with Crippen LogP contribution in [0.3, 0.4) is 0 Å². The number of ether oxygens (including phenoxy) is 5. The van der Waals surface area contributed by atoms with Crippen molar-refractivity contribution in [3.8, 4) is 17.2 Å². The highest BCUT2D eigenvalue weighted by molar-refractivity contribution is 8.13. The van der Waals surface area contributed by atoms with Crippen molar-refractivity contribution in [1.82, 2.24) is 29.7 Å². The first-order valence-corrected chi connectivity index (χ1v) is 42.2. The van der Waals surface area contributed by atoms with E-state index in [2.05, 4.69) is 85.6 Å². The Bertz CT molecular complexity index is 3350. The van der Waals surface area contributed by atoms with Gasteiger partial charge in [0.25, 0.3) is 11.1 Å². The molecule has 0 spiro atoms. The van der Waals surface area contributed by atoms with Gasteiger partial charge >= 0.3 is 23.3 Å². The van der Waals surface area contributed by atoms with Gasteiger partial charge in [-0.25, -0.2) is 9.59 Å². The Balaban J connectivity index is 1.37. The summed E-state index contributed by atoms with van der Waals surface area (Å²) in [5.74, 6) is 2.08. The van der Waals surface area contributed by atoms with E-state index in [0.717, 1.165) is 136 Å². The largest absolute Gasteiger partial charge is 0.494 e. The molecular formula is C84H130N8O11S2. The average molecular weight is 1490 g/mol. The third-order valence-electron chi connectivity index (χ3n) is 18.3. The van der Waals surface area contributed by atoms with E-state index in [1.807, 2.05) is 24.3 Å². The highest BCUT2D eigenvalue weighted by Crippen LogP contribution is 2.28. The molecule has 0 fully saturated rings. The topological polar surface area (TPSA) is 239 Å². The molecule has 105 heavy (non-hydrogen) atoms. The van der Waals surface area contributed by atoms with Crippen LogP contribution < -0.4 is 47.3 Å². The van der Waals surface area contributed by atoms with Gasteiger partial charge < -0.3 is 34.3 Å². The maximum absolute atomic E-state index is 13.2. The minimum absolute atomic E-state index is 0.0310. The molecule has 0 saturated heterocycles. The number of rotatable bonds is 58. The number of unbranched alkanes of at least 4 members (excludes halogenated alkanes) is 29. The molecule has 2 heterocycles. The number of carbonyl (C=O) groups excluding carboxylic acids is 2. The molecule has 3 aromatic carbocycles. The Kier molecular flexibility index (Phi) is 46.8. The quantitative estimate of drug-likeness (QED) is 0.0123. The minimum atomic E-state index is -0.675. The molecule has 0 atom stereocenters. The van der Waals surface area contributed by atoms with E-state index in [0.29, 0.717) is 67.0 Å². The Morgan fingerprint density at radius 1 is 0.381 bits per heavy atom. The second kappa shape index (κ2) is 55.4. The number of hydrogen-bond donors (Lipinski definition) is 4. The van der Waals surface area contributed by atoms with Crippen molar-refractivity contribution in [3.05, 3.63) is 153 Å². The summed E-state index contributed by atoms with van der Waals surface area (Å²) in [5.41, 5.74) is 3.76. The predicted octanol–water partition coefficient (Wildman–Crippen LogP) is 18.7. The number of aliphatic imine (C=N–C) groups is 2. The fraction of sp³-hybridized carbons (Fsp3) is 0.643. The number of benzene rings is 3. The summed E-state index contributed by atoms with van der Waals surface area (Å²) >= 11 is 3.23. The van der Waals surface area contributed by atoms with Crippen molar-refractivity contribution in [1.29, 1.82) is 0 Å². The number of nitrogens with one attached hydrogen (secondary N) is 4. The van der Waals surface area contributed by atoms with Crippen LogP contribution in [0.2, 0.25) is 0 Å². The van der Waals surface area contributed by atoms with Crippen LogP contribution in [0.25, 0.3) is 0 Å². The first kappa shape index (κ1) is 88.6. The Morgan fingerprint density at radius 2 is 0.667 bits per heavy atom. The number of H-pyrrole nitrogens is 2. The average Bonchev–Trinajstić information content (AvgIpc) is 0.790. The van der Waals surface area contributed by atoms with Crippen LogP contribution in [0.1, 0.15) is 297 Å². The summed E-state index contributed by atoms with van der Waals surface area (Å²) in [6.07, 6.45) is 43.6. The molecule has 0 aliphatic rings. The molecule has 21 heteroatoms. The van der Waals surface area contributed by atoms with Gasteiger partial charge in [-0.05, 0) is 116 Å². The summed E-state index contributed by atoms with van der Waals surface area (Å²) in [6.45, 7) is 17.6. The lowest BCUT2D eigenvalue weighted by molar-refractivity contribution is -0.146. The second-order valence-electron chi connectivity index (χ2n) is 28.1. The van der Waals surface area contributed by atoms with Crippen LogP contribution in [0.15, 0.2) is 96.2 Å². The minimum Gasteiger partial charge on any atom is -0.494 e. The summed E-state index contributed by atoms with van der Waals surface area (Å²) < 4.78 is 33.3. The van der Waals surface area contributed by atoms with Crippen molar-refractivity contribution >= 4 is 45.8 Å². The van der Waals surface area contributed by atoms with Crippen LogP contribution in [-0.2, 0) is 70.0 Å². The molecule has 0 bridgehead atoms. The van der Waals surface area contributed by atoms with Crippen LogP contribution in [0.5, 0.6) is 17.2 Å². The molecule has 0 radical (unpaired) electrons. The number of aromatic nitrogens is 4. The molecule has 0 unspecified atom stereocenters. The van der Waals surface area contributed by atoms with Gasteiger partial charge in [0.1, 0.15) is 43.6 Å². The zero-order chi connectivity index (χ0) is 75.3. The van der Waals surface area contributed by atoms with E-state index < -0.39 is 34.4 Å². The van der Waals surface area contributed by atoms with Gasteiger partial charge in [0.15, 0.2) is 10.3 Å². The highest BCUT2D eigenvalue weighted by atomic mass is 32.2. The van der Waals surface area contributed by atoms with Gasteiger partial charge in [-0.2, -0.15) is 0 Å². The third kappa shape index (κ3) is 40.0. The molecule has 5 aromatic rings. The normalized spacial score (nSPS) is 11.7. The molecule has 19 nitrogen and oxygen atoms in total. The predicted molar refractivity (Wildman–Crippen MR) is 434 cm³/mol. The fourth-order valence-corrected chi connectivity index (χ4v) is 13.8. The van der Waals surface area contributed by atoms with E-state index >= 15 is 0 Å². The molecule has 0 aliphatic heterocycles. The molecule has 0 aliphatic carbocycles. The number of carbonyl (C=O) groups is 2. The van der Waals surface area contributed by atoms with E-state index in [4.69, 9.17) is 33.7 Å². The Labute approximate surface area is 636 Å². The van der Waals surface area contributed by atoms with Crippen LogP contribution >= 0.6 is 23.5 Å². The van der Waals surface area contributed by atoms with Crippen LogP contribution in [0, 0.1) is 13.8 Å². The lowest BCUT2D eigenvalue weighted by Crippen LogP contribution is -2.33. The zero-order valence-electron chi connectivity index (χ0n) is 65.2. The summed E-state index contributed by atoms with van der Waals surface area (Å²) in [7, 11) is 0. The first-order chi connectivity index (χ1) is 51.2. The standard InChI is InChI=1S/C84H130N8O11S2/c1-8-13-18-21-24-27-30-33-36-39-44-99-74-50-68(56-87-81(85-42-16-11-4)104-64-72-48-70(62-102-77(93)60-91-58-66(6)79(95)89-83(91)97)52-75(54-72)100-45-40-37-34-31-28-25-22-19-14-9-2)47-69(51-74)57-88-82(86-43-17-12-5)105-65-73-49-71(63-103-78(94)61-92-59-67(7)80(96)90-84(92)98)53-76(55-73)101-46-41-38-35-32-29-26-23-20-15-10-3/h47-55,58-59H,8-46,56-57,60-65H2,1-7H3,(H,85,87)(H,86,88)(H,89,95,97)(H,90,96,98). The number of amidine groups is 2. The molecule has 5 rings (SSSR count). The summed E-state index contributed by atoms with van der Waals surface area (Å²) in [6, 6.07) is 18.4. The first-order valence-electron chi connectivity index (χ1n) is 40.2. The Hall–Kier alpha value is -7.00. The zero-order valence-corrected chi connectivity index (χ0v) is 66.8. The van der Waals surface area contributed by atoms with E-state index in [-0.39, 0.29) is 26.3 Å². The Morgan fingerprint density at radius 3 is 0.990 bits per heavy atom. The van der Waals surface area contributed by atoms with Crippen molar-refractivity contribution < 1.29 is 33.3 Å². The van der Waals surface area contributed by atoms with Gasteiger partial charge in [0.05, 0.1) is 32.9 Å². The SMILES string of the molecule is CCCCCCCCCCCCOc1cc(CN=C(NCCCC)SCc2cc(COC(=O)Cn3cc(C)c(=O)[nH]c3=O)cc(OCCCCCCCCCCCC)c2)cc(CN=C(NCCCC)SCc2cc(COC(=O)Cn3cc(C)c(=O)[nH]c3=O)cc(OCCCCCCCCCCCC)c2)c1. The monoisotopic (exact) mass is 1490 g/mol. The molecule has 0 amide bonds. The molecular weight excluding hydrogens is 1360 g/mol. The van der Waals surface area contributed by atoms with Crippen molar-refractivity contribution in [3.63, 3.8) is 0 Å². The third-order valence-corrected chi connectivity index (χ3v) is 20.4. The van der Waals surface area contributed by atoms with Crippen molar-refractivity contribution in [2.75, 3.05) is 32.9 Å². The van der Waals surface area contributed by atoms with Crippen molar-refractivity contribution in [2.24, 2.45) is 9.98 Å². The number of aromatic amines is 2. The lowest BCUT2D eigenvalue weighted by atomic mass is 10.1. The van der Waals surface area contributed by atoms with Crippen LogP contribution in [0.4, 0.5) is 0 Å². The second-order valence-corrected chi connectivity index (χ2v) is 30.1. The lowest BCUT2D eigenvalue weighted by Gasteiger charge is -2.14. The van der Waals surface area contributed by atoms with E-state index in [1.165, 1.54) is 166 Å². The maximum Gasteiger partial charge on any atom is 0.328 e. The number of esters is 2. The van der Waals surface area contributed by atoms with E-state index in [9.17, 15) is 28.8 Å². The van der Waals surface area contributed by atoms with Gasteiger partial charge in [-0.15, -0.1) is 0 Å². The number of hydrogen-bond acceptors (Lipinski definition) is 15. The van der Waals surface area contributed by atoms with Crippen molar-refractivity contribution in [2.45, 2.75) is 318 Å². The molecule has 4 N–H and O–H groups in total. The number of aryl methyl sites for hydroxylation is 2. The summed E-state index contributed by atoms with van der Waals surface area (Å²) in [5, 5.41) is 8.89. The molecule has 2 aromatic heterocycles. The summed E-state index contributed by atoms with van der Waals surface area (Å²) in [4.78, 5) is 90.6. The van der Waals surface area contributed by atoms with Gasteiger partial charge in [-0.1, -0.05) is 263 Å². The van der Waals surface area contributed by atoms with Gasteiger partial charge in [-0.3, -0.25) is 48.3 Å². The maximum atomic E-state index is 13.2.